The minimum absolute atomic E-state index is 0. The van der Waals surface area contributed by atoms with E-state index in [4.69, 9.17) is 4.42 Å². The highest BCUT2D eigenvalue weighted by atomic mass is 35.5. The van der Waals surface area contributed by atoms with E-state index in [9.17, 15) is 4.79 Å². The van der Waals surface area contributed by atoms with Crippen molar-refractivity contribution in [1.82, 2.24) is 15.2 Å². The number of carbonyl (C=O) groups is 1. The molecule has 3 rings (SSSR count). The molecule has 1 amide bonds. The van der Waals surface area contributed by atoms with Crippen molar-refractivity contribution in [3.05, 3.63) is 29.0 Å². The summed E-state index contributed by atoms with van der Waals surface area (Å²) >= 11 is 1.44. The third-order valence-corrected chi connectivity index (χ3v) is 4.29. The van der Waals surface area contributed by atoms with E-state index >= 15 is 0 Å². The van der Waals surface area contributed by atoms with Crippen molar-refractivity contribution in [3.8, 4) is 10.8 Å². The summed E-state index contributed by atoms with van der Waals surface area (Å²) in [5.74, 6) is 1.57. The second-order valence-corrected chi connectivity index (χ2v) is 5.86. The molecular weight excluding hydrogens is 310 g/mol. The molecule has 0 radical (unpaired) electrons. The quantitative estimate of drug-likeness (QED) is 0.921. The lowest BCUT2D eigenvalue weighted by molar-refractivity contribution is 0.0650. The van der Waals surface area contributed by atoms with E-state index in [0.717, 1.165) is 36.2 Å². The van der Waals surface area contributed by atoms with Gasteiger partial charge in [-0.2, -0.15) is 0 Å². The summed E-state index contributed by atoms with van der Waals surface area (Å²) in [5, 5.41) is 5.84. The second kappa shape index (κ2) is 6.60. The van der Waals surface area contributed by atoms with Crippen molar-refractivity contribution in [2.24, 2.45) is 0 Å². The Bertz CT molecular complexity index is 625. The molecule has 0 aliphatic carbocycles. The lowest BCUT2D eigenvalue weighted by atomic mass is 10.2. The van der Waals surface area contributed by atoms with E-state index in [2.05, 4.69) is 10.3 Å². The third kappa shape index (κ3) is 3.28. The van der Waals surface area contributed by atoms with E-state index < -0.39 is 0 Å². The van der Waals surface area contributed by atoms with Crippen LogP contribution in [0.2, 0.25) is 0 Å². The molecule has 0 unspecified atom stereocenters. The van der Waals surface area contributed by atoms with Crippen LogP contribution in [0.25, 0.3) is 10.8 Å². The topological polar surface area (TPSA) is 58.4 Å². The minimum atomic E-state index is 0. The number of rotatable bonds is 2. The Kier molecular flexibility index (Phi) is 5.03. The summed E-state index contributed by atoms with van der Waals surface area (Å²) in [6.07, 6.45) is 0. The molecule has 1 N–H and O–H groups in total. The average molecular weight is 328 g/mol. The van der Waals surface area contributed by atoms with E-state index in [1.165, 1.54) is 11.3 Å². The fourth-order valence-corrected chi connectivity index (χ4v) is 3.08. The Labute approximate surface area is 133 Å². The predicted octanol–water partition coefficient (Wildman–Crippen LogP) is 2.57. The van der Waals surface area contributed by atoms with Crippen LogP contribution in [0.1, 0.15) is 23.2 Å². The maximum absolute atomic E-state index is 12.5. The standard InChI is InChI=1S/C14H17N3O2S.ClH/c1-9-7-15-5-6-17(9)14(18)11-8-20-13(16-11)12-4-3-10(2)19-12;/h3-4,8-9,15H,5-7H2,1-2H3;1H/t9-;/m0./s1. The number of halogens is 1. The van der Waals surface area contributed by atoms with Crippen LogP contribution in [-0.2, 0) is 0 Å². The number of aryl methyl sites for hydroxylation is 1. The van der Waals surface area contributed by atoms with Crippen LogP contribution < -0.4 is 5.32 Å². The first-order chi connectivity index (χ1) is 9.65. The Balaban J connectivity index is 0.00000161. The van der Waals surface area contributed by atoms with Crippen molar-refractivity contribution in [3.63, 3.8) is 0 Å². The van der Waals surface area contributed by atoms with Crippen LogP contribution in [0.3, 0.4) is 0 Å². The minimum Gasteiger partial charge on any atom is -0.459 e. The molecule has 1 atom stereocenters. The highest BCUT2D eigenvalue weighted by Crippen LogP contribution is 2.26. The first-order valence-electron chi connectivity index (χ1n) is 6.69. The van der Waals surface area contributed by atoms with Gasteiger partial charge in [-0.05, 0) is 26.0 Å². The van der Waals surface area contributed by atoms with Gasteiger partial charge in [-0.3, -0.25) is 4.79 Å². The molecule has 5 nitrogen and oxygen atoms in total. The van der Waals surface area contributed by atoms with Crippen molar-refractivity contribution in [2.75, 3.05) is 19.6 Å². The number of carbonyl (C=O) groups excluding carboxylic acids is 1. The summed E-state index contributed by atoms with van der Waals surface area (Å²) < 4.78 is 5.54. The van der Waals surface area contributed by atoms with Gasteiger partial charge in [0.05, 0.1) is 0 Å². The number of hydrogen-bond acceptors (Lipinski definition) is 5. The molecule has 21 heavy (non-hydrogen) atoms. The molecule has 0 aromatic carbocycles. The number of thiazole rings is 1. The Hall–Kier alpha value is -1.37. The fraction of sp³-hybridized carbons (Fsp3) is 0.429. The lowest BCUT2D eigenvalue weighted by Crippen LogP contribution is -2.52. The fourth-order valence-electron chi connectivity index (χ4n) is 2.32. The first kappa shape index (κ1) is 16.0. The number of nitrogens with zero attached hydrogens (tertiary/aromatic N) is 2. The van der Waals surface area contributed by atoms with E-state index in [0.29, 0.717) is 5.69 Å². The Morgan fingerprint density at radius 2 is 2.33 bits per heavy atom. The molecule has 1 fully saturated rings. The van der Waals surface area contributed by atoms with E-state index in [1.807, 2.05) is 36.3 Å². The van der Waals surface area contributed by atoms with Crippen LogP contribution in [-0.4, -0.2) is 41.5 Å². The maximum Gasteiger partial charge on any atom is 0.273 e. The largest absolute Gasteiger partial charge is 0.459 e. The predicted molar refractivity (Wildman–Crippen MR) is 85.2 cm³/mol. The SMILES string of the molecule is Cc1ccc(-c2nc(C(=O)N3CCNC[C@@H]3C)cs2)o1.Cl. The normalized spacial score (nSPS) is 18.4. The van der Waals surface area contributed by atoms with E-state index in [1.54, 1.807) is 0 Å². The van der Waals surface area contributed by atoms with Crippen LogP contribution in [0.15, 0.2) is 21.9 Å². The molecule has 1 aliphatic rings. The molecule has 7 heteroatoms. The summed E-state index contributed by atoms with van der Waals surface area (Å²) in [5.41, 5.74) is 0.507. The second-order valence-electron chi connectivity index (χ2n) is 5.00. The first-order valence-corrected chi connectivity index (χ1v) is 7.57. The smallest absolute Gasteiger partial charge is 0.273 e. The molecular formula is C14H18ClN3O2S. The summed E-state index contributed by atoms with van der Waals surface area (Å²) in [6, 6.07) is 3.99. The molecule has 1 aliphatic heterocycles. The molecule has 2 aromatic heterocycles. The molecule has 2 aromatic rings. The number of furan rings is 1. The summed E-state index contributed by atoms with van der Waals surface area (Å²) in [4.78, 5) is 18.8. The van der Waals surface area contributed by atoms with Crippen LogP contribution in [0.4, 0.5) is 0 Å². The van der Waals surface area contributed by atoms with Crippen molar-refractivity contribution in [1.29, 1.82) is 0 Å². The highest BCUT2D eigenvalue weighted by Gasteiger charge is 2.26. The summed E-state index contributed by atoms with van der Waals surface area (Å²) in [6.45, 7) is 6.34. The van der Waals surface area contributed by atoms with Gasteiger partial charge in [0.25, 0.3) is 5.91 Å². The molecule has 3 heterocycles. The van der Waals surface area contributed by atoms with Crippen molar-refractivity contribution >= 4 is 29.7 Å². The molecule has 0 bridgehead atoms. The van der Waals surface area contributed by atoms with Gasteiger partial charge in [0.2, 0.25) is 0 Å². The van der Waals surface area contributed by atoms with Gasteiger partial charge < -0.3 is 14.6 Å². The van der Waals surface area contributed by atoms with Crippen molar-refractivity contribution < 1.29 is 9.21 Å². The number of nitrogens with one attached hydrogen (secondary N) is 1. The zero-order valence-corrected chi connectivity index (χ0v) is 13.6. The highest BCUT2D eigenvalue weighted by molar-refractivity contribution is 7.13. The van der Waals surface area contributed by atoms with Gasteiger partial charge in [-0.1, -0.05) is 0 Å². The zero-order chi connectivity index (χ0) is 14.1. The zero-order valence-electron chi connectivity index (χ0n) is 12.0. The van der Waals surface area contributed by atoms with Gasteiger partial charge in [-0.15, -0.1) is 23.7 Å². The van der Waals surface area contributed by atoms with Crippen LogP contribution in [0.5, 0.6) is 0 Å². The maximum atomic E-state index is 12.5. The van der Waals surface area contributed by atoms with Crippen LogP contribution in [0, 0.1) is 6.92 Å². The van der Waals surface area contributed by atoms with Crippen molar-refractivity contribution in [2.45, 2.75) is 19.9 Å². The monoisotopic (exact) mass is 327 g/mol. The number of aromatic nitrogens is 1. The van der Waals surface area contributed by atoms with Gasteiger partial charge in [0, 0.05) is 31.1 Å². The average Bonchev–Trinajstić information content (AvgIpc) is 3.07. The Morgan fingerprint density at radius 1 is 1.52 bits per heavy atom. The molecule has 0 spiro atoms. The van der Waals surface area contributed by atoms with Gasteiger partial charge in [0.1, 0.15) is 11.5 Å². The number of hydrogen-bond donors (Lipinski definition) is 1. The Morgan fingerprint density at radius 3 is 3.00 bits per heavy atom. The summed E-state index contributed by atoms with van der Waals surface area (Å²) in [7, 11) is 0. The molecule has 0 saturated carbocycles. The van der Waals surface area contributed by atoms with Crippen LogP contribution >= 0.6 is 23.7 Å². The number of piperazine rings is 1. The number of amides is 1. The van der Waals surface area contributed by atoms with Gasteiger partial charge in [-0.25, -0.2) is 4.98 Å². The third-order valence-electron chi connectivity index (χ3n) is 3.44. The van der Waals surface area contributed by atoms with E-state index in [-0.39, 0.29) is 24.4 Å². The van der Waals surface area contributed by atoms with Gasteiger partial charge >= 0.3 is 0 Å². The molecule has 1 saturated heterocycles. The molecule has 114 valence electrons. The van der Waals surface area contributed by atoms with Gasteiger partial charge in [0.15, 0.2) is 10.8 Å². The lowest BCUT2D eigenvalue weighted by Gasteiger charge is -2.33.